The van der Waals surface area contributed by atoms with Crippen molar-refractivity contribution in [3.8, 4) is 0 Å². The lowest BCUT2D eigenvalue weighted by Crippen LogP contribution is -2.31. The number of aliphatic hydroxyl groups is 1. The van der Waals surface area contributed by atoms with Crippen LogP contribution in [0.4, 0.5) is 5.69 Å². The third-order valence-electron chi connectivity index (χ3n) is 5.43. The minimum atomic E-state index is -0.969. The Balaban J connectivity index is 1.76. The number of nitro groups is 1. The summed E-state index contributed by atoms with van der Waals surface area (Å²) in [7, 11) is 0. The number of nitro benzene ring substituents is 1. The van der Waals surface area contributed by atoms with E-state index in [0.29, 0.717) is 29.1 Å². The quantitative estimate of drug-likeness (QED) is 0.185. The Kier molecular flexibility index (Phi) is 6.23. The van der Waals surface area contributed by atoms with Gasteiger partial charge in [-0.2, -0.15) is 0 Å². The van der Waals surface area contributed by atoms with Crippen LogP contribution in [0.1, 0.15) is 23.6 Å². The molecule has 1 saturated heterocycles. The normalized spacial score (nSPS) is 17.5. The first-order chi connectivity index (χ1) is 15.9. The number of aryl methyl sites for hydroxylation is 1. The summed E-state index contributed by atoms with van der Waals surface area (Å²) in [6.45, 7) is 0.759. The van der Waals surface area contributed by atoms with Crippen molar-refractivity contribution in [3.63, 3.8) is 0 Å². The van der Waals surface area contributed by atoms with Gasteiger partial charge in [0.05, 0.1) is 22.9 Å². The Labute approximate surface area is 193 Å². The van der Waals surface area contributed by atoms with Gasteiger partial charge in [0, 0.05) is 48.2 Å². The Morgan fingerprint density at radius 1 is 1.15 bits per heavy atom. The average Bonchev–Trinajstić information content (AvgIpc) is 3.41. The van der Waals surface area contributed by atoms with Crippen LogP contribution in [0.3, 0.4) is 0 Å². The fourth-order valence-corrected chi connectivity index (χ4v) is 4.00. The lowest BCUT2D eigenvalue weighted by molar-refractivity contribution is -0.384. The van der Waals surface area contributed by atoms with Crippen LogP contribution in [-0.4, -0.2) is 42.7 Å². The van der Waals surface area contributed by atoms with Gasteiger partial charge in [-0.15, -0.1) is 0 Å². The van der Waals surface area contributed by atoms with E-state index in [2.05, 4.69) is 4.98 Å². The summed E-state index contributed by atoms with van der Waals surface area (Å²) in [5, 5.41) is 22.8. The first-order valence-electron chi connectivity index (χ1n) is 10.1. The molecule has 2 aromatic carbocycles. The summed E-state index contributed by atoms with van der Waals surface area (Å²) >= 11 is 5.92. The Bertz CT molecular complexity index is 1240. The largest absolute Gasteiger partial charge is 0.507 e. The smallest absolute Gasteiger partial charge is 0.295 e. The number of non-ortho nitro benzene ring substituents is 1. The SMILES string of the molecule is O=C1C(=O)N(CCCn2ccnc2)C(c2cccc([N+](=O)[O-])c2)C1=C(O)c1ccc(Cl)cc1. The van der Waals surface area contributed by atoms with Crippen molar-refractivity contribution in [1.82, 2.24) is 14.5 Å². The highest BCUT2D eigenvalue weighted by atomic mass is 35.5. The number of amides is 1. The van der Waals surface area contributed by atoms with Crippen LogP contribution in [0.25, 0.3) is 5.76 Å². The Hall–Kier alpha value is -3.98. The number of imidazole rings is 1. The molecule has 9 nitrogen and oxygen atoms in total. The molecule has 1 atom stereocenters. The van der Waals surface area contributed by atoms with Gasteiger partial charge in [-0.05, 0) is 36.2 Å². The van der Waals surface area contributed by atoms with Gasteiger partial charge in [0.2, 0.25) is 0 Å². The fraction of sp³-hybridized carbons (Fsp3) is 0.174. The number of ketones is 1. The molecule has 0 radical (unpaired) electrons. The van der Waals surface area contributed by atoms with E-state index in [9.17, 15) is 24.8 Å². The molecule has 1 aromatic heterocycles. The summed E-state index contributed by atoms with van der Waals surface area (Å²) < 4.78 is 1.84. The molecular weight excluding hydrogens is 448 g/mol. The molecule has 0 aliphatic carbocycles. The molecule has 1 amide bonds. The standard InChI is InChI=1S/C23H19ClN4O5/c24-17-7-5-15(6-8-17)21(29)19-20(16-3-1-4-18(13-16)28(32)33)27(23(31)22(19)30)11-2-10-26-12-9-25-14-26/h1,3-9,12-14,20,29H,2,10-11H2. The number of likely N-dealkylation sites (tertiary alicyclic amines) is 1. The van der Waals surface area contributed by atoms with Crippen molar-refractivity contribution < 1.29 is 19.6 Å². The average molecular weight is 467 g/mol. The molecule has 1 aliphatic heterocycles. The highest BCUT2D eigenvalue weighted by Gasteiger charge is 2.46. The number of hydrogen-bond acceptors (Lipinski definition) is 6. The van der Waals surface area contributed by atoms with Gasteiger partial charge in [-0.3, -0.25) is 19.7 Å². The summed E-state index contributed by atoms with van der Waals surface area (Å²) in [5.74, 6) is -1.98. The van der Waals surface area contributed by atoms with Gasteiger partial charge in [0.25, 0.3) is 17.4 Å². The van der Waals surface area contributed by atoms with Gasteiger partial charge in [0.15, 0.2) is 0 Å². The lowest BCUT2D eigenvalue weighted by Gasteiger charge is -2.25. The van der Waals surface area contributed by atoms with Crippen molar-refractivity contribution in [2.75, 3.05) is 6.54 Å². The van der Waals surface area contributed by atoms with E-state index in [1.807, 2.05) is 4.57 Å². The second-order valence-corrected chi connectivity index (χ2v) is 7.94. The molecule has 0 bridgehead atoms. The van der Waals surface area contributed by atoms with Gasteiger partial charge in [0.1, 0.15) is 5.76 Å². The topological polar surface area (TPSA) is 119 Å². The van der Waals surface area contributed by atoms with E-state index in [0.717, 1.165) is 0 Å². The van der Waals surface area contributed by atoms with E-state index >= 15 is 0 Å². The number of carbonyl (C=O) groups excluding carboxylic acids is 2. The van der Waals surface area contributed by atoms with Gasteiger partial charge in [-0.25, -0.2) is 4.98 Å². The molecule has 1 N–H and O–H groups in total. The number of Topliss-reactive ketones (excluding diaryl/α,β-unsaturated/α-hetero) is 1. The summed E-state index contributed by atoms with van der Waals surface area (Å²) in [5.41, 5.74) is 0.376. The van der Waals surface area contributed by atoms with Crippen LogP contribution >= 0.6 is 11.6 Å². The summed E-state index contributed by atoms with van der Waals surface area (Å²) in [6.07, 6.45) is 5.58. The number of aromatic nitrogens is 2. The minimum absolute atomic E-state index is 0.120. The summed E-state index contributed by atoms with van der Waals surface area (Å²) in [4.78, 5) is 42.1. The van der Waals surface area contributed by atoms with Gasteiger partial charge in [-0.1, -0.05) is 23.7 Å². The van der Waals surface area contributed by atoms with E-state index in [1.54, 1.807) is 36.9 Å². The highest BCUT2D eigenvalue weighted by molar-refractivity contribution is 6.46. The van der Waals surface area contributed by atoms with E-state index in [-0.39, 0.29) is 23.6 Å². The number of benzene rings is 2. The Morgan fingerprint density at radius 2 is 1.91 bits per heavy atom. The maximum atomic E-state index is 13.0. The summed E-state index contributed by atoms with van der Waals surface area (Å²) in [6, 6.07) is 10.9. The third kappa shape index (κ3) is 4.49. The van der Waals surface area contributed by atoms with Crippen molar-refractivity contribution in [2.24, 2.45) is 0 Å². The van der Waals surface area contributed by atoms with Crippen molar-refractivity contribution in [3.05, 3.63) is 99.1 Å². The second kappa shape index (κ2) is 9.25. The molecule has 2 heterocycles. The van der Waals surface area contributed by atoms with Crippen molar-refractivity contribution in [2.45, 2.75) is 19.0 Å². The Morgan fingerprint density at radius 3 is 2.58 bits per heavy atom. The molecule has 168 valence electrons. The monoisotopic (exact) mass is 466 g/mol. The first-order valence-corrected chi connectivity index (χ1v) is 10.5. The minimum Gasteiger partial charge on any atom is -0.507 e. The van der Waals surface area contributed by atoms with E-state index in [1.165, 1.54) is 35.2 Å². The predicted octanol–water partition coefficient (Wildman–Crippen LogP) is 3.96. The number of aliphatic hydroxyl groups excluding tert-OH is 1. The molecule has 33 heavy (non-hydrogen) atoms. The van der Waals surface area contributed by atoms with Crippen molar-refractivity contribution in [1.29, 1.82) is 0 Å². The molecule has 1 aliphatic rings. The fourth-order valence-electron chi connectivity index (χ4n) is 3.87. The third-order valence-corrected chi connectivity index (χ3v) is 5.68. The van der Waals surface area contributed by atoms with Crippen molar-refractivity contribution >= 4 is 34.7 Å². The number of rotatable bonds is 7. The molecular formula is C23H19ClN4O5. The molecule has 10 heteroatoms. The van der Waals surface area contributed by atoms with E-state index in [4.69, 9.17) is 11.6 Å². The van der Waals surface area contributed by atoms with Crippen LogP contribution in [0.5, 0.6) is 0 Å². The lowest BCUT2D eigenvalue weighted by atomic mass is 9.95. The molecule has 0 saturated carbocycles. The van der Waals surface area contributed by atoms with Gasteiger partial charge < -0.3 is 14.6 Å². The second-order valence-electron chi connectivity index (χ2n) is 7.51. The number of hydrogen-bond donors (Lipinski definition) is 1. The number of halogens is 1. The molecule has 1 unspecified atom stereocenters. The van der Waals surface area contributed by atoms with Crippen LogP contribution in [0, 0.1) is 10.1 Å². The highest BCUT2D eigenvalue weighted by Crippen LogP contribution is 2.40. The van der Waals surface area contributed by atoms with Crippen LogP contribution in [0.2, 0.25) is 5.02 Å². The molecule has 0 spiro atoms. The van der Waals surface area contributed by atoms with Crippen LogP contribution in [-0.2, 0) is 16.1 Å². The van der Waals surface area contributed by atoms with Gasteiger partial charge >= 0.3 is 0 Å². The molecule has 4 rings (SSSR count). The maximum Gasteiger partial charge on any atom is 0.295 e. The predicted molar refractivity (Wildman–Crippen MR) is 120 cm³/mol. The molecule has 1 fully saturated rings. The zero-order chi connectivity index (χ0) is 23.5. The maximum absolute atomic E-state index is 13.0. The zero-order valence-electron chi connectivity index (χ0n) is 17.3. The number of carbonyl (C=O) groups is 2. The van der Waals surface area contributed by atoms with Crippen LogP contribution < -0.4 is 0 Å². The van der Waals surface area contributed by atoms with E-state index < -0.39 is 22.7 Å². The number of nitrogens with zero attached hydrogens (tertiary/aromatic N) is 4. The first kappa shape index (κ1) is 22.2. The zero-order valence-corrected chi connectivity index (χ0v) is 18.1. The molecule has 3 aromatic rings. The van der Waals surface area contributed by atoms with Crippen LogP contribution in [0.15, 0.2) is 72.8 Å².